The van der Waals surface area contributed by atoms with Crippen molar-refractivity contribution in [2.45, 2.75) is 69.5 Å². The van der Waals surface area contributed by atoms with Gasteiger partial charge in [0, 0.05) is 0 Å². The molecular formula is C26H32O6. The molecule has 0 amide bonds. The van der Waals surface area contributed by atoms with Gasteiger partial charge in [-0.2, -0.15) is 0 Å². The molecule has 0 unspecified atom stereocenters. The van der Waals surface area contributed by atoms with Gasteiger partial charge in [0.15, 0.2) is 12.1 Å². The van der Waals surface area contributed by atoms with Crippen molar-refractivity contribution in [3.05, 3.63) is 84.4 Å². The lowest BCUT2D eigenvalue weighted by Crippen LogP contribution is -2.57. The largest absolute Gasteiger partial charge is 0.390 e. The Bertz CT molecular complexity index is 870. The molecule has 6 nitrogen and oxygen atoms in total. The SMILES string of the molecule is C=CC[C@H](O)[C@]1(COCc2ccccc2)O[C@@H]2OC(C)(C)O[C@@H]2[C@@H]1OCc1ccccc1. The van der Waals surface area contributed by atoms with E-state index in [1.54, 1.807) is 6.08 Å². The molecule has 5 atom stereocenters. The van der Waals surface area contributed by atoms with Gasteiger partial charge in [-0.3, -0.25) is 0 Å². The Morgan fingerprint density at radius 2 is 1.59 bits per heavy atom. The highest BCUT2D eigenvalue weighted by Crippen LogP contribution is 2.46. The smallest absolute Gasteiger partial charge is 0.190 e. The fourth-order valence-corrected chi connectivity index (χ4v) is 4.35. The molecule has 0 aromatic heterocycles. The van der Waals surface area contributed by atoms with E-state index >= 15 is 0 Å². The summed E-state index contributed by atoms with van der Waals surface area (Å²) in [6, 6.07) is 19.8. The van der Waals surface area contributed by atoms with E-state index in [-0.39, 0.29) is 6.61 Å². The molecule has 2 aromatic carbocycles. The lowest BCUT2D eigenvalue weighted by Gasteiger charge is -2.39. The molecule has 0 aliphatic carbocycles. The van der Waals surface area contributed by atoms with Crippen LogP contribution < -0.4 is 0 Å². The second-order valence-electron chi connectivity index (χ2n) is 8.78. The summed E-state index contributed by atoms with van der Waals surface area (Å²) in [5, 5.41) is 11.2. The van der Waals surface area contributed by atoms with Gasteiger partial charge in [-0.05, 0) is 31.4 Å². The zero-order chi connectivity index (χ0) is 22.6. The Balaban J connectivity index is 1.57. The first-order valence-electron chi connectivity index (χ1n) is 11.0. The zero-order valence-corrected chi connectivity index (χ0v) is 18.7. The molecule has 2 aliphatic rings. The summed E-state index contributed by atoms with van der Waals surface area (Å²) in [4.78, 5) is 0. The molecule has 1 N–H and O–H groups in total. The van der Waals surface area contributed by atoms with E-state index in [0.717, 1.165) is 11.1 Å². The second-order valence-corrected chi connectivity index (χ2v) is 8.78. The van der Waals surface area contributed by atoms with E-state index in [9.17, 15) is 5.11 Å². The average Bonchev–Trinajstić information content (AvgIpc) is 3.23. The molecule has 2 fully saturated rings. The maximum absolute atomic E-state index is 11.2. The van der Waals surface area contributed by atoms with Gasteiger partial charge in [0.05, 0.1) is 25.9 Å². The Kier molecular flexibility index (Phi) is 7.10. The third-order valence-corrected chi connectivity index (χ3v) is 5.87. The predicted molar refractivity (Wildman–Crippen MR) is 120 cm³/mol. The quantitative estimate of drug-likeness (QED) is 0.564. The van der Waals surface area contributed by atoms with Crippen LogP contribution in [0.5, 0.6) is 0 Å². The van der Waals surface area contributed by atoms with Crippen LogP contribution in [0.4, 0.5) is 0 Å². The normalized spacial score (nSPS) is 29.5. The number of rotatable bonds is 10. The van der Waals surface area contributed by atoms with Crippen LogP contribution in [0.3, 0.4) is 0 Å². The minimum absolute atomic E-state index is 0.122. The highest BCUT2D eigenvalue weighted by atomic mass is 16.8. The van der Waals surface area contributed by atoms with Gasteiger partial charge < -0.3 is 28.8 Å². The third-order valence-electron chi connectivity index (χ3n) is 5.87. The molecule has 2 heterocycles. The maximum atomic E-state index is 11.2. The van der Waals surface area contributed by atoms with Crippen LogP contribution in [-0.2, 0) is 36.9 Å². The number of aliphatic hydroxyl groups excluding tert-OH is 1. The van der Waals surface area contributed by atoms with Crippen LogP contribution in [0, 0.1) is 0 Å². The van der Waals surface area contributed by atoms with Gasteiger partial charge in [0.2, 0.25) is 0 Å². The number of fused-ring (bicyclic) bond motifs is 1. The number of aliphatic hydroxyl groups is 1. The molecule has 0 saturated carbocycles. The predicted octanol–water partition coefficient (Wildman–Crippen LogP) is 3.97. The van der Waals surface area contributed by atoms with Crippen LogP contribution in [0.15, 0.2) is 73.3 Å². The van der Waals surface area contributed by atoms with E-state index in [4.69, 9.17) is 23.7 Å². The molecule has 2 saturated heterocycles. The number of hydrogen-bond acceptors (Lipinski definition) is 6. The molecule has 0 spiro atoms. The van der Waals surface area contributed by atoms with Gasteiger partial charge in [0.25, 0.3) is 0 Å². The summed E-state index contributed by atoms with van der Waals surface area (Å²) < 4.78 is 31.0. The Hall–Kier alpha value is -2.06. The summed E-state index contributed by atoms with van der Waals surface area (Å²) >= 11 is 0. The summed E-state index contributed by atoms with van der Waals surface area (Å²) in [5.74, 6) is -0.801. The van der Waals surface area contributed by atoms with Gasteiger partial charge in [-0.15, -0.1) is 6.58 Å². The molecule has 2 aliphatic heterocycles. The third kappa shape index (κ3) is 4.96. The van der Waals surface area contributed by atoms with Gasteiger partial charge >= 0.3 is 0 Å². The summed E-state index contributed by atoms with van der Waals surface area (Å²) in [5.41, 5.74) is 0.893. The van der Waals surface area contributed by atoms with Crippen molar-refractivity contribution in [3.8, 4) is 0 Å². The van der Waals surface area contributed by atoms with Crippen molar-refractivity contribution >= 4 is 0 Å². The number of hydrogen-bond donors (Lipinski definition) is 1. The van der Waals surface area contributed by atoms with Gasteiger partial charge in [-0.1, -0.05) is 66.7 Å². The van der Waals surface area contributed by atoms with Crippen LogP contribution in [-0.4, -0.2) is 47.7 Å². The second kappa shape index (κ2) is 9.83. The van der Waals surface area contributed by atoms with Gasteiger partial charge in [0.1, 0.15) is 17.8 Å². The maximum Gasteiger partial charge on any atom is 0.190 e. The molecule has 32 heavy (non-hydrogen) atoms. The first-order chi connectivity index (χ1) is 15.4. The molecule has 4 rings (SSSR count). The molecule has 0 radical (unpaired) electrons. The average molecular weight is 441 g/mol. The lowest BCUT2D eigenvalue weighted by atomic mass is 9.87. The topological polar surface area (TPSA) is 66.4 Å². The van der Waals surface area contributed by atoms with Crippen molar-refractivity contribution in [2.75, 3.05) is 6.61 Å². The minimum atomic E-state index is -1.16. The first kappa shape index (κ1) is 23.1. The Morgan fingerprint density at radius 3 is 2.22 bits per heavy atom. The highest BCUT2D eigenvalue weighted by molar-refractivity contribution is 5.16. The van der Waals surface area contributed by atoms with E-state index in [1.807, 2.05) is 74.5 Å². The van der Waals surface area contributed by atoms with Gasteiger partial charge in [-0.25, -0.2) is 0 Å². The van der Waals surface area contributed by atoms with Crippen molar-refractivity contribution in [1.29, 1.82) is 0 Å². The van der Waals surface area contributed by atoms with Crippen LogP contribution in [0.25, 0.3) is 0 Å². The van der Waals surface area contributed by atoms with Crippen LogP contribution in [0.1, 0.15) is 31.4 Å². The lowest BCUT2D eigenvalue weighted by molar-refractivity contribution is -0.275. The van der Waals surface area contributed by atoms with E-state index in [2.05, 4.69) is 6.58 Å². The monoisotopic (exact) mass is 440 g/mol. The Labute approximate surface area is 189 Å². The van der Waals surface area contributed by atoms with E-state index in [0.29, 0.717) is 19.6 Å². The molecule has 0 bridgehead atoms. The standard InChI is InChI=1S/C26H32O6/c1-4-11-21(27)26(18-28-16-19-12-7-5-8-13-19)23(29-17-20-14-9-6-10-15-20)22-24(32-26)31-25(2,3)30-22/h4-10,12-15,21-24,27H,1,11,16-18H2,2-3H3/t21-,22+,23-,24-,26-/m0/s1. The highest BCUT2D eigenvalue weighted by Gasteiger charge is 2.65. The van der Waals surface area contributed by atoms with Crippen LogP contribution in [0.2, 0.25) is 0 Å². The molecule has 6 heteroatoms. The number of ether oxygens (including phenoxy) is 5. The first-order valence-corrected chi connectivity index (χ1v) is 11.0. The summed E-state index contributed by atoms with van der Waals surface area (Å²) in [6.07, 6.45) is -0.666. The molecule has 2 aromatic rings. The fraction of sp³-hybridized carbons (Fsp3) is 0.462. The van der Waals surface area contributed by atoms with E-state index < -0.39 is 36.0 Å². The van der Waals surface area contributed by atoms with Crippen molar-refractivity contribution < 1.29 is 28.8 Å². The van der Waals surface area contributed by atoms with Crippen molar-refractivity contribution in [1.82, 2.24) is 0 Å². The fourth-order valence-electron chi connectivity index (χ4n) is 4.35. The molecule has 172 valence electrons. The van der Waals surface area contributed by atoms with Crippen LogP contribution >= 0.6 is 0 Å². The molecular weight excluding hydrogens is 408 g/mol. The Morgan fingerprint density at radius 1 is 0.969 bits per heavy atom. The van der Waals surface area contributed by atoms with Crippen molar-refractivity contribution in [3.63, 3.8) is 0 Å². The van der Waals surface area contributed by atoms with E-state index in [1.165, 1.54) is 0 Å². The zero-order valence-electron chi connectivity index (χ0n) is 18.7. The summed E-state index contributed by atoms with van der Waals surface area (Å²) in [7, 11) is 0. The number of benzene rings is 2. The van der Waals surface area contributed by atoms with Crippen molar-refractivity contribution in [2.24, 2.45) is 0 Å². The minimum Gasteiger partial charge on any atom is -0.390 e. The summed E-state index contributed by atoms with van der Waals surface area (Å²) in [6.45, 7) is 8.33.